The summed E-state index contributed by atoms with van der Waals surface area (Å²) in [5.74, 6) is 0.529. The summed E-state index contributed by atoms with van der Waals surface area (Å²) >= 11 is 5.77. The van der Waals surface area contributed by atoms with Crippen LogP contribution in [0.2, 0.25) is 5.02 Å². The van der Waals surface area contributed by atoms with Gasteiger partial charge in [-0.05, 0) is 26.8 Å². The van der Waals surface area contributed by atoms with Crippen LogP contribution in [0.25, 0.3) is 0 Å². The number of nitrogens with zero attached hydrogens (tertiary/aromatic N) is 1. The molecule has 0 aliphatic rings. The lowest BCUT2D eigenvalue weighted by Crippen LogP contribution is -2.38. The van der Waals surface area contributed by atoms with Crippen LogP contribution in [-0.2, 0) is 0 Å². The summed E-state index contributed by atoms with van der Waals surface area (Å²) < 4.78 is 5.45. The largest absolute Gasteiger partial charge is 0.492 e. The average Bonchev–Trinajstić information content (AvgIpc) is 2.22. The number of hydrogen-bond donors (Lipinski definition) is 1. The summed E-state index contributed by atoms with van der Waals surface area (Å²) in [4.78, 5) is 10.1. The van der Waals surface area contributed by atoms with Crippen molar-refractivity contribution in [3.05, 3.63) is 33.3 Å². The molecule has 0 amide bonds. The third kappa shape index (κ3) is 4.89. The molecule has 1 N–H and O–H groups in total. The molecule has 6 heteroatoms. The minimum Gasteiger partial charge on any atom is -0.492 e. The number of nitrogens with one attached hydrogen (secondary N) is 1. The zero-order chi connectivity index (χ0) is 13.8. The molecule has 0 unspecified atom stereocenters. The molecule has 0 aromatic heterocycles. The van der Waals surface area contributed by atoms with Gasteiger partial charge < -0.3 is 10.1 Å². The average molecular weight is 273 g/mol. The molecule has 0 fully saturated rings. The zero-order valence-electron chi connectivity index (χ0n) is 10.7. The van der Waals surface area contributed by atoms with E-state index in [1.54, 1.807) is 6.07 Å². The minimum atomic E-state index is -0.521. The Morgan fingerprint density at radius 3 is 2.61 bits per heavy atom. The van der Waals surface area contributed by atoms with Gasteiger partial charge in [-0.15, -0.1) is 0 Å². The monoisotopic (exact) mass is 272 g/mol. The second-order valence-electron chi connectivity index (χ2n) is 4.90. The van der Waals surface area contributed by atoms with Crippen molar-refractivity contribution >= 4 is 17.3 Å². The van der Waals surface area contributed by atoms with E-state index in [4.69, 9.17) is 16.3 Å². The first kappa shape index (κ1) is 14.7. The number of nitro benzene ring substituents is 1. The van der Waals surface area contributed by atoms with Gasteiger partial charge in [0, 0.05) is 24.2 Å². The van der Waals surface area contributed by atoms with E-state index in [0.717, 1.165) is 0 Å². The van der Waals surface area contributed by atoms with Crippen molar-refractivity contribution in [2.24, 2.45) is 0 Å². The van der Waals surface area contributed by atoms with Gasteiger partial charge >= 0.3 is 0 Å². The Balaban J connectivity index is 2.49. The highest BCUT2D eigenvalue weighted by molar-refractivity contribution is 6.32. The van der Waals surface area contributed by atoms with Gasteiger partial charge in [-0.3, -0.25) is 10.1 Å². The van der Waals surface area contributed by atoms with Gasteiger partial charge in [-0.1, -0.05) is 11.6 Å². The van der Waals surface area contributed by atoms with Gasteiger partial charge in [-0.25, -0.2) is 0 Å². The smallest absolute Gasteiger partial charge is 0.288 e. The van der Waals surface area contributed by atoms with Crippen molar-refractivity contribution < 1.29 is 9.66 Å². The van der Waals surface area contributed by atoms with E-state index in [1.807, 2.05) is 0 Å². The van der Waals surface area contributed by atoms with E-state index in [-0.39, 0.29) is 16.2 Å². The van der Waals surface area contributed by atoms with Crippen LogP contribution in [0.4, 0.5) is 5.69 Å². The Morgan fingerprint density at radius 1 is 1.44 bits per heavy atom. The van der Waals surface area contributed by atoms with Crippen LogP contribution in [0.3, 0.4) is 0 Å². The highest BCUT2D eigenvalue weighted by atomic mass is 35.5. The van der Waals surface area contributed by atoms with Crippen LogP contribution < -0.4 is 10.1 Å². The number of benzene rings is 1. The molecule has 0 aliphatic carbocycles. The third-order valence-corrected chi connectivity index (χ3v) is 2.44. The van der Waals surface area contributed by atoms with E-state index in [2.05, 4.69) is 26.1 Å². The van der Waals surface area contributed by atoms with Crippen molar-refractivity contribution in [2.75, 3.05) is 13.2 Å². The first-order chi connectivity index (χ1) is 8.29. The van der Waals surface area contributed by atoms with E-state index >= 15 is 0 Å². The van der Waals surface area contributed by atoms with Crippen LogP contribution >= 0.6 is 11.6 Å². The van der Waals surface area contributed by atoms with E-state index in [9.17, 15) is 10.1 Å². The zero-order valence-corrected chi connectivity index (χ0v) is 11.5. The summed E-state index contributed by atoms with van der Waals surface area (Å²) in [6.45, 7) is 7.37. The van der Waals surface area contributed by atoms with Crippen molar-refractivity contribution in [3.63, 3.8) is 0 Å². The molecule has 0 saturated heterocycles. The van der Waals surface area contributed by atoms with Gasteiger partial charge in [0.1, 0.15) is 17.4 Å². The highest BCUT2D eigenvalue weighted by Crippen LogP contribution is 2.28. The molecule has 0 atom stereocenters. The van der Waals surface area contributed by atoms with Crippen LogP contribution in [0.15, 0.2) is 18.2 Å². The maximum Gasteiger partial charge on any atom is 0.288 e. The fourth-order valence-electron chi connectivity index (χ4n) is 1.32. The number of halogens is 1. The molecule has 18 heavy (non-hydrogen) atoms. The van der Waals surface area contributed by atoms with Crippen LogP contribution in [0.5, 0.6) is 5.75 Å². The fraction of sp³-hybridized carbons (Fsp3) is 0.500. The first-order valence-corrected chi connectivity index (χ1v) is 5.99. The number of hydrogen-bond acceptors (Lipinski definition) is 4. The molecule has 1 aromatic carbocycles. The summed E-state index contributed by atoms with van der Waals surface area (Å²) in [5, 5.41) is 13.9. The van der Waals surface area contributed by atoms with Crippen molar-refractivity contribution in [2.45, 2.75) is 26.3 Å². The second-order valence-corrected chi connectivity index (χ2v) is 5.30. The Bertz CT molecular complexity index is 430. The molecule has 100 valence electrons. The van der Waals surface area contributed by atoms with E-state index < -0.39 is 4.92 Å². The lowest BCUT2D eigenvalue weighted by atomic mass is 10.1. The maximum absolute atomic E-state index is 10.6. The summed E-state index contributed by atoms with van der Waals surface area (Å²) in [7, 11) is 0. The summed E-state index contributed by atoms with van der Waals surface area (Å²) in [6.07, 6.45) is 0. The minimum absolute atomic E-state index is 0.0382. The second kappa shape index (κ2) is 6.02. The quantitative estimate of drug-likeness (QED) is 0.508. The lowest BCUT2D eigenvalue weighted by molar-refractivity contribution is -0.384. The number of ether oxygens (including phenoxy) is 1. The van der Waals surface area contributed by atoms with E-state index in [1.165, 1.54) is 12.1 Å². The fourth-order valence-corrected chi connectivity index (χ4v) is 1.56. The normalized spacial score (nSPS) is 11.3. The first-order valence-electron chi connectivity index (χ1n) is 5.61. The van der Waals surface area contributed by atoms with Crippen molar-refractivity contribution in [1.82, 2.24) is 5.32 Å². The van der Waals surface area contributed by atoms with Crippen molar-refractivity contribution in [3.8, 4) is 5.75 Å². The summed E-state index contributed by atoms with van der Waals surface area (Å²) in [5.41, 5.74) is -0.0759. The van der Waals surface area contributed by atoms with Gasteiger partial charge in [0.05, 0.1) is 4.92 Å². The Kier molecular flexibility index (Phi) is 4.93. The molecule has 5 nitrogen and oxygen atoms in total. The van der Waals surface area contributed by atoms with Gasteiger partial charge in [-0.2, -0.15) is 0 Å². The van der Waals surface area contributed by atoms with Gasteiger partial charge in [0.15, 0.2) is 0 Å². The predicted octanol–water partition coefficient (Wildman–Crippen LogP) is 3.02. The summed E-state index contributed by atoms with van der Waals surface area (Å²) in [6, 6.07) is 4.34. The SMILES string of the molecule is CC(C)(C)NCCOc1ccc([N+](=O)[O-])c(Cl)c1. The van der Waals surface area contributed by atoms with Gasteiger partial charge in [0.25, 0.3) is 5.69 Å². The number of rotatable bonds is 5. The molecule has 1 rings (SSSR count). The molecule has 0 spiro atoms. The Labute approximate surface area is 111 Å². The molecule has 0 aliphatic heterocycles. The van der Waals surface area contributed by atoms with Crippen LogP contribution in [-0.4, -0.2) is 23.6 Å². The molecular formula is C12H17ClN2O3. The van der Waals surface area contributed by atoms with E-state index in [0.29, 0.717) is 18.9 Å². The van der Waals surface area contributed by atoms with Crippen molar-refractivity contribution in [1.29, 1.82) is 0 Å². The Hall–Kier alpha value is -1.33. The molecule has 0 bridgehead atoms. The Morgan fingerprint density at radius 2 is 2.11 bits per heavy atom. The molecule has 0 saturated carbocycles. The van der Waals surface area contributed by atoms with Gasteiger partial charge in [0.2, 0.25) is 0 Å². The predicted molar refractivity (Wildman–Crippen MR) is 71.4 cm³/mol. The molecule has 0 radical (unpaired) electrons. The maximum atomic E-state index is 10.6. The van der Waals surface area contributed by atoms with Crippen LogP contribution in [0.1, 0.15) is 20.8 Å². The highest BCUT2D eigenvalue weighted by Gasteiger charge is 2.12. The molecule has 1 aromatic rings. The lowest BCUT2D eigenvalue weighted by Gasteiger charge is -2.20. The molecular weight excluding hydrogens is 256 g/mol. The topological polar surface area (TPSA) is 64.4 Å². The third-order valence-electron chi connectivity index (χ3n) is 2.14. The number of nitro groups is 1. The standard InChI is InChI=1S/C12H17ClN2O3/c1-12(2,3)14-6-7-18-9-4-5-11(15(16)17)10(13)8-9/h4-5,8,14H,6-7H2,1-3H3. The molecule has 0 heterocycles. The van der Waals surface area contributed by atoms with Crippen LogP contribution in [0, 0.1) is 10.1 Å².